The summed E-state index contributed by atoms with van der Waals surface area (Å²) in [7, 11) is 2.12. The van der Waals surface area contributed by atoms with Gasteiger partial charge in [0.2, 0.25) is 0 Å². The molecule has 0 radical (unpaired) electrons. The van der Waals surface area contributed by atoms with Crippen LogP contribution in [-0.4, -0.2) is 31.1 Å². The molecule has 3 heteroatoms. The zero-order chi connectivity index (χ0) is 12.7. The molecule has 0 unspecified atom stereocenters. The maximum absolute atomic E-state index is 5.68. The predicted molar refractivity (Wildman–Crippen MR) is 72.2 cm³/mol. The molecule has 0 aliphatic rings. The monoisotopic (exact) mass is 236 g/mol. The summed E-state index contributed by atoms with van der Waals surface area (Å²) in [6.07, 6.45) is 1.26. The van der Waals surface area contributed by atoms with E-state index in [-0.39, 0.29) is 6.10 Å². The molecule has 0 aliphatic carbocycles. The molecule has 0 heterocycles. The molecule has 3 nitrogen and oxygen atoms in total. The molecule has 17 heavy (non-hydrogen) atoms. The summed E-state index contributed by atoms with van der Waals surface area (Å²) in [5.74, 6) is 0.949. The van der Waals surface area contributed by atoms with Crippen LogP contribution in [0.1, 0.15) is 25.8 Å². The van der Waals surface area contributed by atoms with E-state index in [1.165, 1.54) is 5.56 Å². The van der Waals surface area contributed by atoms with Gasteiger partial charge in [-0.3, -0.25) is 0 Å². The Kier molecular flexibility index (Phi) is 6.01. The minimum absolute atomic E-state index is 0.222. The van der Waals surface area contributed by atoms with Gasteiger partial charge in [-0.2, -0.15) is 0 Å². The zero-order valence-electron chi connectivity index (χ0n) is 11.1. The van der Waals surface area contributed by atoms with E-state index >= 15 is 0 Å². The average Bonchev–Trinajstić information content (AvgIpc) is 2.26. The van der Waals surface area contributed by atoms with Crippen molar-refractivity contribution in [3.63, 3.8) is 0 Å². The van der Waals surface area contributed by atoms with Gasteiger partial charge in [0.15, 0.2) is 0 Å². The van der Waals surface area contributed by atoms with Crippen LogP contribution < -0.4 is 10.5 Å². The largest absolute Gasteiger partial charge is 0.491 e. The Morgan fingerprint density at radius 1 is 1.35 bits per heavy atom. The lowest BCUT2D eigenvalue weighted by Gasteiger charge is -2.17. The lowest BCUT2D eigenvalue weighted by molar-refractivity contribution is 0.241. The second kappa shape index (κ2) is 7.30. The fraction of sp³-hybridized carbons (Fsp3) is 0.571. The Balaban J connectivity index is 2.53. The Labute approximate surface area is 105 Å². The number of ether oxygens (including phenoxy) is 1. The Morgan fingerprint density at radius 3 is 2.76 bits per heavy atom. The molecule has 0 atom stereocenters. The highest BCUT2D eigenvalue weighted by Gasteiger charge is 2.02. The SMILES string of the molecule is CC(C)Oc1cccc(CN(C)CCCN)c1. The van der Waals surface area contributed by atoms with Gasteiger partial charge in [-0.15, -0.1) is 0 Å². The number of nitrogens with zero attached hydrogens (tertiary/aromatic N) is 1. The maximum atomic E-state index is 5.68. The lowest BCUT2D eigenvalue weighted by Crippen LogP contribution is -2.21. The van der Waals surface area contributed by atoms with Crippen LogP contribution in [0, 0.1) is 0 Å². The normalized spacial score (nSPS) is 11.2. The molecule has 1 aromatic carbocycles. The van der Waals surface area contributed by atoms with Gasteiger partial charge in [-0.05, 0) is 58.1 Å². The third kappa shape index (κ3) is 5.71. The summed E-state index contributed by atoms with van der Waals surface area (Å²) in [6.45, 7) is 6.81. The van der Waals surface area contributed by atoms with Crippen molar-refractivity contribution >= 4 is 0 Å². The Hall–Kier alpha value is -1.06. The van der Waals surface area contributed by atoms with Crippen molar-refractivity contribution in [3.05, 3.63) is 29.8 Å². The molecular weight excluding hydrogens is 212 g/mol. The van der Waals surface area contributed by atoms with Crippen LogP contribution in [0.2, 0.25) is 0 Å². The van der Waals surface area contributed by atoms with Gasteiger partial charge >= 0.3 is 0 Å². The van der Waals surface area contributed by atoms with Gasteiger partial charge in [-0.25, -0.2) is 0 Å². The van der Waals surface area contributed by atoms with Crippen molar-refractivity contribution in [2.24, 2.45) is 5.73 Å². The molecule has 2 N–H and O–H groups in total. The molecule has 0 saturated carbocycles. The highest BCUT2D eigenvalue weighted by molar-refractivity contribution is 5.28. The number of rotatable bonds is 7. The molecule has 0 spiro atoms. The molecule has 1 rings (SSSR count). The van der Waals surface area contributed by atoms with E-state index in [1.54, 1.807) is 0 Å². The fourth-order valence-corrected chi connectivity index (χ4v) is 1.74. The van der Waals surface area contributed by atoms with Crippen LogP contribution in [-0.2, 0) is 6.54 Å². The highest BCUT2D eigenvalue weighted by Crippen LogP contribution is 2.16. The Morgan fingerprint density at radius 2 is 2.12 bits per heavy atom. The van der Waals surface area contributed by atoms with Crippen LogP contribution in [0.5, 0.6) is 5.75 Å². The average molecular weight is 236 g/mol. The first-order valence-corrected chi connectivity index (χ1v) is 6.26. The van der Waals surface area contributed by atoms with Crippen molar-refractivity contribution in [2.45, 2.75) is 32.9 Å². The topological polar surface area (TPSA) is 38.5 Å². The maximum Gasteiger partial charge on any atom is 0.120 e. The van der Waals surface area contributed by atoms with Gasteiger partial charge in [0.05, 0.1) is 6.10 Å². The van der Waals surface area contributed by atoms with Gasteiger partial charge < -0.3 is 15.4 Å². The summed E-state index contributed by atoms with van der Waals surface area (Å²) in [4.78, 5) is 2.28. The summed E-state index contributed by atoms with van der Waals surface area (Å²) < 4.78 is 5.68. The van der Waals surface area contributed by atoms with E-state index < -0.39 is 0 Å². The van der Waals surface area contributed by atoms with Crippen LogP contribution in [0.3, 0.4) is 0 Å². The van der Waals surface area contributed by atoms with E-state index in [2.05, 4.69) is 24.1 Å². The quantitative estimate of drug-likeness (QED) is 0.789. The second-order valence-corrected chi connectivity index (χ2v) is 4.69. The smallest absolute Gasteiger partial charge is 0.120 e. The minimum Gasteiger partial charge on any atom is -0.491 e. The van der Waals surface area contributed by atoms with Gasteiger partial charge in [0.25, 0.3) is 0 Å². The highest BCUT2D eigenvalue weighted by atomic mass is 16.5. The molecule has 0 saturated heterocycles. The van der Waals surface area contributed by atoms with Crippen molar-refractivity contribution in [1.82, 2.24) is 4.90 Å². The minimum atomic E-state index is 0.222. The number of nitrogens with two attached hydrogens (primary N) is 1. The zero-order valence-corrected chi connectivity index (χ0v) is 11.1. The van der Waals surface area contributed by atoms with Crippen LogP contribution in [0.4, 0.5) is 0 Å². The number of hydrogen-bond donors (Lipinski definition) is 1. The second-order valence-electron chi connectivity index (χ2n) is 4.69. The first-order chi connectivity index (χ1) is 8.11. The van der Waals surface area contributed by atoms with Crippen LogP contribution >= 0.6 is 0 Å². The first-order valence-electron chi connectivity index (χ1n) is 6.26. The molecule has 0 amide bonds. The molecule has 0 aliphatic heterocycles. The van der Waals surface area contributed by atoms with E-state index in [9.17, 15) is 0 Å². The van der Waals surface area contributed by atoms with Gasteiger partial charge in [0.1, 0.15) is 5.75 Å². The third-order valence-corrected chi connectivity index (χ3v) is 2.47. The lowest BCUT2D eigenvalue weighted by atomic mass is 10.2. The van der Waals surface area contributed by atoms with Crippen molar-refractivity contribution in [1.29, 1.82) is 0 Å². The Bertz CT molecular complexity index is 326. The van der Waals surface area contributed by atoms with Crippen molar-refractivity contribution in [2.75, 3.05) is 20.1 Å². The van der Waals surface area contributed by atoms with E-state index in [4.69, 9.17) is 10.5 Å². The van der Waals surface area contributed by atoms with Crippen LogP contribution in [0.15, 0.2) is 24.3 Å². The summed E-state index contributed by atoms with van der Waals surface area (Å²) in [6, 6.07) is 8.29. The number of hydrogen-bond acceptors (Lipinski definition) is 3. The van der Waals surface area contributed by atoms with Crippen molar-refractivity contribution in [3.8, 4) is 5.75 Å². The van der Waals surface area contributed by atoms with E-state index in [1.807, 2.05) is 26.0 Å². The standard InChI is InChI=1S/C14H24N2O/c1-12(2)17-14-7-4-6-13(10-14)11-16(3)9-5-8-15/h4,6-7,10,12H,5,8-9,11,15H2,1-3H3. The van der Waals surface area contributed by atoms with E-state index in [0.29, 0.717) is 0 Å². The molecule has 96 valence electrons. The number of benzene rings is 1. The summed E-state index contributed by atoms with van der Waals surface area (Å²) in [5, 5.41) is 0. The molecule has 0 bridgehead atoms. The molecule has 1 aromatic rings. The van der Waals surface area contributed by atoms with Gasteiger partial charge in [-0.1, -0.05) is 12.1 Å². The van der Waals surface area contributed by atoms with Crippen LogP contribution in [0.25, 0.3) is 0 Å². The summed E-state index contributed by atoms with van der Waals surface area (Å²) in [5.41, 5.74) is 6.78. The predicted octanol–water partition coefficient (Wildman–Crippen LogP) is 2.25. The molecule has 0 fully saturated rings. The fourth-order valence-electron chi connectivity index (χ4n) is 1.74. The third-order valence-electron chi connectivity index (χ3n) is 2.47. The van der Waals surface area contributed by atoms with Gasteiger partial charge in [0, 0.05) is 6.54 Å². The van der Waals surface area contributed by atoms with E-state index in [0.717, 1.165) is 31.8 Å². The first kappa shape index (κ1) is 14.0. The summed E-state index contributed by atoms with van der Waals surface area (Å²) >= 11 is 0. The molecular formula is C14H24N2O. The van der Waals surface area contributed by atoms with Crippen molar-refractivity contribution < 1.29 is 4.74 Å². The molecule has 0 aromatic heterocycles.